The third kappa shape index (κ3) is 4.28. The van der Waals surface area contributed by atoms with Gasteiger partial charge in [-0.15, -0.1) is 0 Å². The van der Waals surface area contributed by atoms with Crippen LogP contribution >= 0.6 is 34.8 Å². The number of aryl methyl sites for hydroxylation is 1. The lowest BCUT2D eigenvalue weighted by molar-refractivity contribution is 0.702. The molecular weight excluding hydrogens is 473 g/mol. The summed E-state index contributed by atoms with van der Waals surface area (Å²) in [6.07, 6.45) is 0.726. The predicted octanol–water partition coefficient (Wildman–Crippen LogP) is 4.10. The highest BCUT2D eigenvalue weighted by molar-refractivity contribution is 6.42. The third-order valence-corrected chi connectivity index (χ3v) is 6.27. The van der Waals surface area contributed by atoms with E-state index in [0.717, 1.165) is 22.1 Å². The zero-order valence-electron chi connectivity index (χ0n) is 17.4. The molecule has 0 amide bonds. The highest BCUT2D eigenvalue weighted by atomic mass is 35.5. The average molecular weight is 493 g/mol. The molecule has 0 aliphatic carbocycles. The van der Waals surface area contributed by atoms with Crippen LogP contribution in [-0.2, 0) is 27.1 Å². The van der Waals surface area contributed by atoms with E-state index in [2.05, 4.69) is 10.3 Å². The summed E-state index contributed by atoms with van der Waals surface area (Å²) in [4.78, 5) is 30.0. The van der Waals surface area contributed by atoms with E-state index in [1.807, 2.05) is 30.3 Å². The minimum Gasteiger partial charge on any atom is -0.355 e. The molecule has 7 nitrogen and oxygen atoms in total. The van der Waals surface area contributed by atoms with E-state index in [9.17, 15) is 9.59 Å². The Kier molecular flexibility index (Phi) is 6.33. The number of imidazole rings is 1. The Balaban J connectivity index is 1.75. The molecular formula is C22H20Cl3N5O2. The third-order valence-electron chi connectivity index (χ3n) is 5.28. The highest BCUT2D eigenvalue weighted by Crippen LogP contribution is 2.25. The summed E-state index contributed by atoms with van der Waals surface area (Å²) in [7, 11) is 3.05. The summed E-state index contributed by atoms with van der Waals surface area (Å²) in [5.41, 5.74) is 1.74. The Morgan fingerprint density at radius 3 is 2.28 bits per heavy atom. The van der Waals surface area contributed by atoms with Gasteiger partial charge in [-0.25, -0.2) is 4.79 Å². The first-order valence-electron chi connectivity index (χ1n) is 9.84. The average Bonchev–Trinajstić information content (AvgIpc) is 3.13. The van der Waals surface area contributed by atoms with Gasteiger partial charge in [-0.1, -0.05) is 53.0 Å². The molecule has 10 heteroatoms. The number of nitrogens with one attached hydrogen (secondary N) is 1. The van der Waals surface area contributed by atoms with Crippen molar-refractivity contribution in [2.45, 2.75) is 13.0 Å². The van der Waals surface area contributed by atoms with Crippen molar-refractivity contribution in [2.24, 2.45) is 14.1 Å². The van der Waals surface area contributed by atoms with E-state index in [1.165, 1.54) is 11.6 Å². The molecule has 0 spiro atoms. The van der Waals surface area contributed by atoms with Crippen LogP contribution in [0.2, 0.25) is 15.1 Å². The molecule has 4 rings (SSSR count). The molecule has 0 fully saturated rings. The number of hydrogen-bond acceptors (Lipinski definition) is 4. The van der Waals surface area contributed by atoms with Crippen molar-refractivity contribution < 1.29 is 0 Å². The zero-order chi connectivity index (χ0) is 23.0. The zero-order valence-corrected chi connectivity index (χ0v) is 19.7. The van der Waals surface area contributed by atoms with E-state index in [1.54, 1.807) is 23.7 Å². The van der Waals surface area contributed by atoms with E-state index in [-0.39, 0.29) is 0 Å². The molecule has 32 heavy (non-hydrogen) atoms. The minimum absolute atomic E-state index is 0.312. The van der Waals surface area contributed by atoms with Gasteiger partial charge in [0.05, 0.1) is 16.6 Å². The van der Waals surface area contributed by atoms with Gasteiger partial charge in [-0.3, -0.25) is 18.5 Å². The smallest absolute Gasteiger partial charge is 0.332 e. The Bertz CT molecular complexity index is 1420. The first-order chi connectivity index (χ1) is 15.3. The van der Waals surface area contributed by atoms with Crippen molar-refractivity contribution >= 4 is 51.9 Å². The van der Waals surface area contributed by atoms with Gasteiger partial charge in [0.25, 0.3) is 5.56 Å². The van der Waals surface area contributed by atoms with Crippen LogP contribution in [0.3, 0.4) is 0 Å². The summed E-state index contributed by atoms with van der Waals surface area (Å²) in [6.45, 7) is 0.894. The Labute approximate surface area is 198 Å². The molecule has 0 unspecified atom stereocenters. The van der Waals surface area contributed by atoms with Gasteiger partial charge in [0.1, 0.15) is 0 Å². The van der Waals surface area contributed by atoms with Crippen molar-refractivity contribution in [3.8, 4) is 0 Å². The van der Waals surface area contributed by atoms with E-state index in [0.29, 0.717) is 45.3 Å². The van der Waals surface area contributed by atoms with Crippen molar-refractivity contribution in [3.63, 3.8) is 0 Å². The second kappa shape index (κ2) is 9.02. The largest absolute Gasteiger partial charge is 0.355 e. The van der Waals surface area contributed by atoms with Crippen LogP contribution in [0.25, 0.3) is 11.2 Å². The summed E-state index contributed by atoms with van der Waals surface area (Å²) in [5, 5.41) is 4.86. The van der Waals surface area contributed by atoms with Gasteiger partial charge >= 0.3 is 5.69 Å². The lowest BCUT2D eigenvalue weighted by Gasteiger charge is -2.12. The molecule has 0 aliphatic rings. The van der Waals surface area contributed by atoms with Gasteiger partial charge in [-0.05, 0) is 41.8 Å². The molecule has 0 saturated carbocycles. The minimum atomic E-state index is -0.436. The Morgan fingerprint density at radius 1 is 0.906 bits per heavy atom. The Hall–Kier alpha value is -2.74. The monoisotopic (exact) mass is 491 g/mol. The van der Waals surface area contributed by atoms with E-state index >= 15 is 0 Å². The summed E-state index contributed by atoms with van der Waals surface area (Å²) in [6, 6.07) is 12.9. The maximum Gasteiger partial charge on any atom is 0.332 e. The second-order valence-electron chi connectivity index (χ2n) is 7.45. The van der Waals surface area contributed by atoms with Gasteiger partial charge in [0.15, 0.2) is 11.2 Å². The number of hydrogen-bond donors (Lipinski definition) is 1. The van der Waals surface area contributed by atoms with Crippen molar-refractivity contribution in [1.29, 1.82) is 0 Å². The molecule has 0 radical (unpaired) electrons. The van der Waals surface area contributed by atoms with Crippen molar-refractivity contribution in [1.82, 2.24) is 18.7 Å². The maximum absolute atomic E-state index is 13.0. The number of aromatic nitrogens is 4. The number of benzene rings is 2. The van der Waals surface area contributed by atoms with Crippen molar-refractivity contribution in [2.75, 3.05) is 11.9 Å². The fourth-order valence-corrected chi connectivity index (χ4v) is 3.97. The molecule has 1 N–H and O–H groups in total. The number of anilines is 1. The van der Waals surface area contributed by atoms with Crippen LogP contribution in [0.15, 0.2) is 52.1 Å². The van der Waals surface area contributed by atoms with Crippen LogP contribution in [0.4, 0.5) is 5.95 Å². The molecule has 4 aromatic rings. The van der Waals surface area contributed by atoms with Crippen LogP contribution < -0.4 is 16.6 Å². The van der Waals surface area contributed by atoms with Crippen LogP contribution in [-0.4, -0.2) is 25.2 Å². The number of nitrogens with zero attached hydrogens (tertiary/aromatic N) is 4. The molecule has 166 valence electrons. The fraction of sp³-hybridized carbons (Fsp3) is 0.227. The number of halogens is 3. The molecule has 2 aromatic heterocycles. The summed E-state index contributed by atoms with van der Waals surface area (Å²) >= 11 is 18.2. The lowest BCUT2D eigenvalue weighted by Crippen LogP contribution is -2.37. The summed E-state index contributed by atoms with van der Waals surface area (Å²) in [5.74, 6) is 0.485. The fourth-order valence-electron chi connectivity index (χ4n) is 3.53. The SMILES string of the molecule is Cn1c(=O)c2c(nc(NCCc3ccc(Cl)cc3)n2Cc2ccc(Cl)c(Cl)c2)n(C)c1=O. The topological polar surface area (TPSA) is 73.8 Å². The molecule has 0 aliphatic heterocycles. The van der Waals surface area contributed by atoms with E-state index in [4.69, 9.17) is 34.8 Å². The van der Waals surface area contributed by atoms with Crippen LogP contribution in [0, 0.1) is 0 Å². The number of fused-ring (bicyclic) bond motifs is 1. The molecule has 2 heterocycles. The number of rotatable bonds is 6. The molecule has 0 bridgehead atoms. The molecule has 0 atom stereocenters. The van der Waals surface area contributed by atoms with Crippen molar-refractivity contribution in [3.05, 3.63) is 89.5 Å². The second-order valence-corrected chi connectivity index (χ2v) is 8.70. The first-order valence-corrected chi connectivity index (χ1v) is 11.0. The van der Waals surface area contributed by atoms with Crippen LogP contribution in [0.5, 0.6) is 0 Å². The van der Waals surface area contributed by atoms with Gasteiger partial charge in [0, 0.05) is 25.7 Å². The molecule has 0 saturated heterocycles. The lowest BCUT2D eigenvalue weighted by atomic mass is 10.1. The normalized spacial score (nSPS) is 11.3. The first kappa shape index (κ1) is 22.5. The van der Waals surface area contributed by atoms with Gasteiger partial charge in [-0.2, -0.15) is 4.98 Å². The van der Waals surface area contributed by atoms with Crippen LogP contribution in [0.1, 0.15) is 11.1 Å². The highest BCUT2D eigenvalue weighted by Gasteiger charge is 2.19. The van der Waals surface area contributed by atoms with Gasteiger partial charge in [0.2, 0.25) is 5.95 Å². The van der Waals surface area contributed by atoms with E-state index < -0.39 is 11.2 Å². The standard InChI is InChI=1S/C22H20Cl3N5O2/c1-28-19-18(20(31)29(2)22(28)32)30(12-14-5-8-16(24)17(25)11-14)21(27-19)26-10-9-13-3-6-15(23)7-4-13/h3-8,11H,9-10,12H2,1-2H3,(H,26,27). The van der Waals surface area contributed by atoms with Gasteiger partial charge < -0.3 is 5.32 Å². The summed E-state index contributed by atoms with van der Waals surface area (Å²) < 4.78 is 4.21. The maximum atomic E-state index is 13.0. The quantitative estimate of drug-likeness (QED) is 0.440. The molecule has 2 aromatic carbocycles. The Morgan fingerprint density at radius 2 is 1.59 bits per heavy atom. The predicted molar refractivity (Wildman–Crippen MR) is 129 cm³/mol.